The number of aliphatic carboxylic acids is 1. The van der Waals surface area contributed by atoms with E-state index >= 15 is 0 Å². The predicted octanol–water partition coefficient (Wildman–Crippen LogP) is 3.24. The maximum absolute atomic E-state index is 11.3. The summed E-state index contributed by atoms with van der Waals surface area (Å²) in [6.07, 6.45) is 0. The number of hydroxylamine groups is 1. The van der Waals surface area contributed by atoms with Gasteiger partial charge in [0.1, 0.15) is 0 Å². The summed E-state index contributed by atoms with van der Waals surface area (Å²) in [5.74, 6) is -0.828. The molecule has 0 aliphatic heterocycles. The number of carboxylic acids is 1. The molecule has 0 heterocycles. The molecule has 2 rings (SSSR count). The zero-order valence-electron chi connectivity index (χ0n) is 11.3. The fraction of sp³-hybridized carbons (Fsp3) is 0.133. The summed E-state index contributed by atoms with van der Waals surface area (Å²) in [7, 11) is 0. The van der Waals surface area contributed by atoms with Crippen LogP contribution in [0.3, 0.4) is 0 Å². The molecule has 7 heteroatoms. The molecule has 116 valence electrons. The highest BCUT2D eigenvalue weighted by Crippen LogP contribution is 2.24. The number of halogens is 2. The van der Waals surface area contributed by atoms with E-state index in [2.05, 4.69) is 0 Å². The molecule has 0 saturated carbocycles. The molecule has 2 aromatic carbocycles. The van der Waals surface area contributed by atoms with Gasteiger partial charge in [-0.1, -0.05) is 23.2 Å². The van der Waals surface area contributed by atoms with E-state index in [1.807, 2.05) is 0 Å². The maximum atomic E-state index is 11.3. The highest BCUT2D eigenvalue weighted by atomic mass is 35.5. The van der Waals surface area contributed by atoms with E-state index in [4.69, 9.17) is 28.0 Å². The summed E-state index contributed by atoms with van der Waals surface area (Å²) in [4.78, 5) is 16.9. The van der Waals surface area contributed by atoms with Gasteiger partial charge in [0, 0.05) is 10.0 Å². The smallest absolute Gasteiger partial charge is 0.332 e. The third-order valence-corrected chi connectivity index (χ3v) is 3.34. The predicted molar refractivity (Wildman–Crippen MR) is 84.5 cm³/mol. The highest BCUT2D eigenvalue weighted by Gasteiger charge is 2.27. The van der Waals surface area contributed by atoms with Crippen molar-refractivity contribution >= 4 is 34.9 Å². The van der Waals surface area contributed by atoms with Crippen LogP contribution in [0.15, 0.2) is 48.5 Å². The number of hydrogen-bond donors (Lipinski definition) is 2. The van der Waals surface area contributed by atoms with Crippen LogP contribution in [0.1, 0.15) is 0 Å². The van der Waals surface area contributed by atoms with Gasteiger partial charge in [0.05, 0.1) is 12.3 Å². The van der Waals surface area contributed by atoms with Crippen LogP contribution < -0.4 is 9.90 Å². The molecule has 0 bridgehead atoms. The number of nitrogens with zero attached hydrogens (tertiary/aromatic N) is 1. The van der Waals surface area contributed by atoms with Gasteiger partial charge in [-0.3, -0.25) is 0 Å². The summed E-state index contributed by atoms with van der Waals surface area (Å²) >= 11 is 11.6. The molecular weight excluding hydrogens is 329 g/mol. The lowest BCUT2D eigenvalue weighted by molar-refractivity contribution is -0.140. The van der Waals surface area contributed by atoms with Crippen LogP contribution in [0.2, 0.25) is 10.0 Å². The van der Waals surface area contributed by atoms with Crippen molar-refractivity contribution in [3.63, 3.8) is 0 Å². The van der Waals surface area contributed by atoms with E-state index in [0.29, 0.717) is 21.5 Å². The summed E-state index contributed by atoms with van der Waals surface area (Å²) in [6, 6.07) is 11.6. The number of rotatable bonds is 6. The third-order valence-electron chi connectivity index (χ3n) is 2.84. The molecule has 2 aromatic rings. The molecule has 0 unspecified atom stereocenters. The van der Waals surface area contributed by atoms with Crippen molar-refractivity contribution in [3.8, 4) is 5.75 Å². The Bertz CT molecular complexity index is 631. The maximum Gasteiger partial charge on any atom is 0.332 e. The lowest BCUT2D eigenvalue weighted by Crippen LogP contribution is -2.46. The summed E-state index contributed by atoms with van der Waals surface area (Å²) in [5, 5.41) is 20.8. The molecule has 0 aliphatic carbocycles. The zero-order valence-corrected chi connectivity index (χ0v) is 12.8. The molecule has 0 radical (unpaired) electrons. The van der Waals surface area contributed by atoms with E-state index in [1.54, 1.807) is 48.5 Å². The molecule has 0 aliphatic rings. The standard InChI is InChI=1S/C15H13Cl2NO4/c16-10-1-5-12(6-2-10)18(14(9-19)15(20)21)22-13-7-3-11(17)4-8-13/h1-8,14,19H,9H2,(H,20,21)/t14-/m0/s1. The van der Waals surface area contributed by atoms with E-state index in [-0.39, 0.29) is 0 Å². The topological polar surface area (TPSA) is 70.0 Å². The van der Waals surface area contributed by atoms with Crippen molar-refractivity contribution in [2.75, 3.05) is 11.7 Å². The van der Waals surface area contributed by atoms with Gasteiger partial charge in [0.15, 0.2) is 11.8 Å². The van der Waals surface area contributed by atoms with Crippen LogP contribution in [0.5, 0.6) is 5.75 Å². The molecule has 0 saturated heterocycles. The van der Waals surface area contributed by atoms with E-state index < -0.39 is 18.6 Å². The normalized spacial score (nSPS) is 11.8. The van der Waals surface area contributed by atoms with Crippen LogP contribution >= 0.6 is 23.2 Å². The molecule has 22 heavy (non-hydrogen) atoms. The Hall–Kier alpha value is -1.95. The monoisotopic (exact) mass is 341 g/mol. The Labute approximate surface area is 137 Å². The second-order valence-electron chi connectivity index (χ2n) is 4.38. The van der Waals surface area contributed by atoms with Crippen LogP contribution in [0, 0.1) is 0 Å². The van der Waals surface area contributed by atoms with Crippen LogP contribution in [0.4, 0.5) is 5.69 Å². The average molecular weight is 342 g/mol. The summed E-state index contributed by atoms with van der Waals surface area (Å²) in [6.45, 7) is -0.619. The molecule has 5 nitrogen and oxygen atoms in total. The average Bonchev–Trinajstić information content (AvgIpc) is 2.49. The Kier molecular flexibility index (Phi) is 5.49. The van der Waals surface area contributed by atoms with Gasteiger partial charge < -0.3 is 15.1 Å². The quantitative estimate of drug-likeness (QED) is 0.789. The second-order valence-corrected chi connectivity index (χ2v) is 5.26. The van der Waals surface area contributed by atoms with Gasteiger partial charge in [-0.15, -0.1) is 0 Å². The minimum atomic E-state index is -1.27. The molecule has 0 fully saturated rings. The third kappa shape index (κ3) is 4.04. The number of anilines is 1. The van der Waals surface area contributed by atoms with Crippen molar-refractivity contribution in [2.45, 2.75) is 6.04 Å². The van der Waals surface area contributed by atoms with Gasteiger partial charge in [0.2, 0.25) is 0 Å². The number of aliphatic hydroxyl groups is 1. The van der Waals surface area contributed by atoms with Crippen LogP contribution in [-0.2, 0) is 4.79 Å². The molecule has 0 amide bonds. The fourth-order valence-electron chi connectivity index (χ4n) is 1.75. The van der Waals surface area contributed by atoms with E-state index in [1.165, 1.54) is 0 Å². The minimum absolute atomic E-state index is 0.388. The van der Waals surface area contributed by atoms with Gasteiger partial charge in [-0.05, 0) is 48.5 Å². The highest BCUT2D eigenvalue weighted by molar-refractivity contribution is 6.30. The van der Waals surface area contributed by atoms with Crippen LogP contribution in [-0.4, -0.2) is 28.8 Å². The Morgan fingerprint density at radius 2 is 1.55 bits per heavy atom. The van der Waals surface area contributed by atoms with Gasteiger partial charge >= 0.3 is 5.97 Å². The lowest BCUT2D eigenvalue weighted by Gasteiger charge is -2.29. The summed E-state index contributed by atoms with van der Waals surface area (Å²) < 4.78 is 0. The molecule has 1 atom stereocenters. The first-order valence-electron chi connectivity index (χ1n) is 6.33. The molecule has 2 N–H and O–H groups in total. The molecule has 0 aromatic heterocycles. The van der Waals surface area contributed by atoms with Gasteiger partial charge in [-0.25, -0.2) is 4.79 Å². The second kappa shape index (κ2) is 7.35. The first-order chi connectivity index (χ1) is 10.5. The largest absolute Gasteiger partial charge is 0.480 e. The zero-order chi connectivity index (χ0) is 16.1. The molecular formula is C15H13Cl2NO4. The summed E-state index contributed by atoms with van der Waals surface area (Å²) in [5.41, 5.74) is 0.445. The molecule has 0 spiro atoms. The number of aliphatic hydroxyl groups excluding tert-OH is 1. The fourth-order valence-corrected chi connectivity index (χ4v) is 2.00. The first kappa shape index (κ1) is 16.4. The van der Waals surface area contributed by atoms with Crippen molar-refractivity contribution in [3.05, 3.63) is 58.6 Å². The van der Waals surface area contributed by atoms with Gasteiger partial charge in [0.25, 0.3) is 0 Å². The number of hydrogen-bond acceptors (Lipinski definition) is 4. The Morgan fingerprint density at radius 3 is 2.00 bits per heavy atom. The van der Waals surface area contributed by atoms with E-state index in [0.717, 1.165) is 5.06 Å². The SMILES string of the molecule is O=C(O)[C@H](CO)N(Oc1ccc(Cl)cc1)c1ccc(Cl)cc1. The number of carbonyl (C=O) groups is 1. The first-order valence-corrected chi connectivity index (χ1v) is 7.09. The van der Waals surface area contributed by atoms with Crippen LogP contribution in [0.25, 0.3) is 0 Å². The van der Waals surface area contributed by atoms with Crippen molar-refractivity contribution < 1.29 is 19.8 Å². The number of benzene rings is 2. The van der Waals surface area contributed by atoms with Crippen molar-refractivity contribution in [1.82, 2.24) is 0 Å². The van der Waals surface area contributed by atoms with Crippen molar-refractivity contribution in [2.24, 2.45) is 0 Å². The lowest BCUT2D eigenvalue weighted by atomic mass is 10.2. The van der Waals surface area contributed by atoms with E-state index in [9.17, 15) is 15.0 Å². The van der Waals surface area contributed by atoms with Gasteiger partial charge in [-0.2, -0.15) is 5.06 Å². The minimum Gasteiger partial charge on any atom is -0.480 e. The Morgan fingerprint density at radius 1 is 1.05 bits per heavy atom. The Balaban J connectivity index is 2.34. The van der Waals surface area contributed by atoms with Crippen molar-refractivity contribution in [1.29, 1.82) is 0 Å². The number of carboxylic acid groups (broad SMARTS) is 1.